The number of nitrogens with one attached hydrogen (secondary N) is 1. The number of rotatable bonds is 5. The highest BCUT2D eigenvalue weighted by Gasteiger charge is 2.23. The zero-order chi connectivity index (χ0) is 21.1. The number of hydrogen-bond donors (Lipinski definition) is 1. The molecule has 2 unspecified atom stereocenters. The van der Waals surface area contributed by atoms with Gasteiger partial charge in [0.25, 0.3) is 5.91 Å². The van der Waals surface area contributed by atoms with Crippen LogP contribution in [0.3, 0.4) is 0 Å². The summed E-state index contributed by atoms with van der Waals surface area (Å²) in [5.74, 6) is -0.108. The molecule has 30 heavy (non-hydrogen) atoms. The first-order chi connectivity index (χ1) is 14.5. The number of nitrogens with zero attached hydrogens (tertiary/aromatic N) is 2. The van der Waals surface area contributed by atoms with Gasteiger partial charge >= 0.3 is 0 Å². The minimum absolute atomic E-state index is 0.108. The van der Waals surface area contributed by atoms with Crippen LogP contribution < -0.4 is 5.32 Å². The van der Waals surface area contributed by atoms with Gasteiger partial charge in [-0.2, -0.15) is 0 Å². The number of ether oxygens (including phenoxy) is 1. The minimum atomic E-state index is -0.108. The molecule has 4 rings (SSSR count). The van der Waals surface area contributed by atoms with Gasteiger partial charge in [-0.25, -0.2) is 4.98 Å². The quantitative estimate of drug-likeness (QED) is 0.631. The van der Waals surface area contributed by atoms with E-state index in [1.165, 1.54) is 11.3 Å². The lowest BCUT2D eigenvalue weighted by molar-refractivity contribution is -0.0704. The summed E-state index contributed by atoms with van der Waals surface area (Å²) in [5, 5.41) is 3.98. The van der Waals surface area contributed by atoms with Gasteiger partial charge in [0.05, 0.1) is 17.9 Å². The zero-order valence-corrected chi connectivity index (χ0v) is 18.4. The van der Waals surface area contributed by atoms with Gasteiger partial charge in [0.1, 0.15) is 9.88 Å². The van der Waals surface area contributed by atoms with Crippen LogP contribution in [0.2, 0.25) is 0 Å². The number of thiazole rings is 1. The molecule has 1 saturated heterocycles. The van der Waals surface area contributed by atoms with Crippen molar-refractivity contribution in [1.82, 2.24) is 9.88 Å². The maximum absolute atomic E-state index is 13.1. The molecule has 0 saturated carbocycles. The highest BCUT2D eigenvalue weighted by molar-refractivity contribution is 7.17. The molecular formula is C24H27N3O2S. The molecule has 5 nitrogen and oxygen atoms in total. The largest absolute Gasteiger partial charge is 0.373 e. The van der Waals surface area contributed by atoms with Crippen molar-refractivity contribution in [2.75, 3.05) is 18.4 Å². The van der Waals surface area contributed by atoms with E-state index >= 15 is 0 Å². The van der Waals surface area contributed by atoms with Crippen molar-refractivity contribution in [2.24, 2.45) is 0 Å². The number of para-hydroxylation sites is 1. The van der Waals surface area contributed by atoms with E-state index in [0.29, 0.717) is 4.88 Å². The lowest BCUT2D eigenvalue weighted by atomic mass is 10.1. The maximum atomic E-state index is 13.1. The van der Waals surface area contributed by atoms with E-state index in [2.05, 4.69) is 35.1 Å². The molecule has 6 heteroatoms. The Morgan fingerprint density at radius 3 is 2.50 bits per heavy atom. The van der Waals surface area contributed by atoms with E-state index in [9.17, 15) is 4.79 Å². The van der Waals surface area contributed by atoms with Gasteiger partial charge in [-0.05, 0) is 32.4 Å². The van der Waals surface area contributed by atoms with Crippen molar-refractivity contribution < 1.29 is 9.53 Å². The summed E-state index contributed by atoms with van der Waals surface area (Å²) in [5.41, 5.74) is 3.74. The molecule has 0 spiro atoms. The highest BCUT2D eigenvalue weighted by Crippen LogP contribution is 2.29. The van der Waals surface area contributed by atoms with Gasteiger partial charge in [0.15, 0.2) is 0 Å². The second kappa shape index (κ2) is 9.08. The Balaban J connectivity index is 1.51. The molecule has 2 atom stereocenters. The highest BCUT2D eigenvalue weighted by atomic mass is 32.1. The van der Waals surface area contributed by atoms with Gasteiger partial charge < -0.3 is 10.1 Å². The van der Waals surface area contributed by atoms with E-state index in [0.717, 1.165) is 47.2 Å². The van der Waals surface area contributed by atoms with Crippen molar-refractivity contribution >= 4 is 22.9 Å². The van der Waals surface area contributed by atoms with Crippen molar-refractivity contribution in [3.8, 4) is 10.6 Å². The number of carbonyl (C=O) groups is 1. The molecule has 1 aromatic heterocycles. The smallest absolute Gasteiger partial charge is 0.267 e. The Labute approximate surface area is 181 Å². The molecule has 3 aromatic rings. The minimum Gasteiger partial charge on any atom is -0.373 e. The summed E-state index contributed by atoms with van der Waals surface area (Å²) in [6.45, 7) is 8.66. The van der Waals surface area contributed by atoms with E-state index in [1.807, 2.05) is 55.5 Å². The van der Waals surface area contributed by atoms with E-state index in [1.54, 1.807) is 0 Å². The normalized spacial score (nSPS) is 19.6. The summed E-state index contributed by atoms with van der Waals surface area (Å²) in [6.07, 6.45) is 0.429. The summed E-state index contributed by atoms with van der Waals surface area (Å²) < 4.78 is 5.84. The summed E-state index contributed by atoms with van der Waals surface area (Å²) in [7, 11) is 0. The fourth-order valence-corrected chi connectivity index (χ4v) is 4.89. The SMILES string of the molecule is Cc1nc(-c2ccccc2)sc1C(=O)Nc1ccccc1CN1CC(C)OC(C)C1. The topological polar surface area (TPSA) is 54.5 Å². The number of hydrogen-bond acceptors (Lipinski definition) is 5. The molecule has 1 fully saturated rings. The first-order valence-electron chi connectivity index (χ1n) is 10.3. The van der Waals surface area contributed by atoms with Crippen LogP contribution in [0, 0.1) is 6.92 Å². The van der Waals surface area contributed by atoms with Crippen LogP contribution in [0.15, 0.2) is 54.6 Å². The van der Waals surface area contributed by atoms with Gasteiger partial charge in [-0.1, -0.05) is 48.5 Å². The molecule has 1 N–H and O–H groups in total. The number of aryl methyl sites for hydroxylation is 1. The number of amides is 1. The molecule has 1 aliphatic heterocycles. The molecular weight excluding hydrogens is 394 g/mol. The van der Waals surface area contributed by atoms with Gasteiger partial charge in [0, 0.05) is 30.9 Å². The first-order valence-corrected chi connectivity index (χ1v) is 11.1. The van der Waals surface area contributed by atoms with Crippen LogP contribution in [-0.4, -0.2) is 41.1 Å². The number of aromatic nitrogens is 1. The third-order valence-electron chi connectivity index (χ3n) is 5.18. The third-order valence-corrected chi connectivity index (χ3v) is 6.38. The molecule has 1 amide bonds. The number of morpholine rings is 1. The molecule has 0 aliphatic carbocycles. The average Bonchev–Trinajstić information content (AvgIpc) is 3.11. The first kappa shape index (κ1) is 20.7. The fraction of sp³-hybridized carbons (Fsp3) is 0.333. The van der Waals surface area contributed by atoms with Gasteiger partial charge in [-0.3, -0.25) is 9.69 Å². The summed E-state index contributed by atoms with van der Waals surface area (Å²) in [6, 6.07) is 18.0. The lowest BCUT2D eigenvalue weighted by Crippen LogP contribution is -2.44. The van der Waals surface area contributed by atoms with E-state index in [-0.39, 0.29) is 18.1 Å². The van der Waals surface area contributed by atoms with Crippen LogP contribution in [0.1, 0.15) is 34.8 Å². The van der Waals surface area contributed by atoms with Crippen molar-refractivity contribution in [1.29, 1.82) is 0 Å². The van der Waals surface area contributed by atoms with E-state index in [4.69, 9.17) is 4.74 Å². The fourth-order valence-electron chi connectivity index (χ4n) is 3.92. The zero-order valence-electron chi connectivity index (χ0n) is 17.6. The van der Waals surface area contributed by atoms with Gasteiger partial charge in [-0.15, -0.1) is 11.3 Å². The Hall–Kier alpha value is -2.54. The van der Waals surface area contributed by atoms with Gasteiger partial charge in [0.2, 0.25) is 0 Å². The molecule has 0 bridgehead atoms. The predicted molar refractivity (Wildman–Crippen MR) is 122 cm³/mol. The third kappa shape index (κ3) is 4.78. The monoisotopic (exact) mass is 421 g/mol. The Kier molecular flexibility index (Phi) is 6.27. The standard InChI is InChI=1S/C24H27N3O2S/c1-16-13-27(14-17(2)29-16)15-20-11-7-8-12-21(20)26-23(28)22-18(3)25-24(30-22)19-9-5-4-6-10-19/h4-12,16-17H,13-15H2,1-3H3,(H,26,28). The van der Waals surface area contributed by atoms with Crippen molar-refractivity contribution in [2.45, 2.75) is 39.5 Å². The second-order valence-electron chi connectivity index (χ2n) is 7.86. The van der Waals surface area contributed by atoms with Crippen LogP contribution in [0.5, 0.6) is 0 Å². The van der Waals surface area contributed by atoms with Crippen molar-refractivity contribution in [3.05, 3.63) is 70.7 Å². The molecule has 2 heterocycles. The lowest BCUT2D eigenvalue weighted by Gasteiger charge is -2.35. The van der Waals surface area contributed by atoms with Crippen molar-refractivity contribution in [3.63, 3.8) is 0 Å². The molecule has 0 radical (unpaired) electrons. The van der Waals surface area contributed by atoms with Crippen LogP contribution in [0.4, 0.5) is 5.69 Å². The average molecular weight is 422 g/mol. The van der Waals surface area contributed by atoms with Crippen LogP contribution in [-0.2, 0) is 11.3 Å². The molecule has 156 valence electrons. The maximum Gasteiger partial charge on any atom is 0.267 e. The summed E-state index contributed by atoms with van der Waals surface area (Å²) in [4.78, 5) is 20.7. The Bertz CT molecular complexity index is 1010. The predicted octanol–water partition coefficient (Wildman–Crippen LogP) is 4.98. The number of benzene rings is 2. The molecule has 1 aliphatic rings. The number of carbonyl (C=O) groups excluding carboxylic acids is 1. The Morgan fingerprint density at radius 1 is 1.10 bits per heavy atom. The Morgan fingerprint density at radius 2 is 1.77 bits per heavy atom. The second-order valence-corrected chi connectivity index (χ2v) is 8.86. The summed E-state index contributed by atoms with van der Waals surface area (Å²) >= 11 is 1.43. The molecule has 2 aromatic carbocycles. The number of anilines is 1. The van der Waals surface area contributed by atoms with Crippen LogP contribution in [0.25, 0.3) is 10.6 Å². The van der Waals surface area contributed by atoms with Crippen LogP contribution >= 0.6 is 11.3 Å². The van der Waals surface area contributed by atoms with E-state index < -0.39 is 0 Å².